The first-order valence-corrected chi connectivity index (χ1v) is 8.05. The van der Waals surface area contributed by atoms with E-state index in [9.17, 15) is 4.79 Å². The predicted octanol–water partition coefficient (Wildman–Crippen LogP) is 3.45. The van der Waals surface area contributed by atoms with Gasteiger partial charge in [-0.2, -0.15) is 0 Å². The Balaban J connectivity index is 1.94. The number of carbonyl (C=O) groups excluding carboxylic acids is 1. The van der Waals surface area contributed by atoms with Crippen LogP contribution in [0.25, 0.3) is 0 Å². The number of hydrogen-bond acceptors (Lipinski definition) is 2. The molecule has 1 heterocycles. The molecule has 1 fully saturated rings. The molecule has 20 heavy (non-hydrogen) atoms. The third kappa shape index (κ3) is 3.75. The molecule has 1 aromatic rings. The van der Waals surface area contributed by atoms with Gasteiger partial charge in [0.1, 0.15) is 0 Å². The first-order chi connectivity index (χ1) is 9.47. The average Bonchev–Trinajstić information content (AvgIpc) is 2.41. The molecule has 0 aliphatic carbocycles. The van der Waals surface area contributed by atoms with Crippen molar-refractivity contribution in [2.24, 2.45) is 5.92 Å². The Morgan fingerprint density at radius 1 is 1.25 bits per heavy atom. The van der Waals surface area contributed by atoms with Crippen molar-refractivity contribution in [2.75, 3.05) is 31.1 Å². The van der Waals surface area contributed by atoms with Crippen molar-refractivity contribution in [3.05, 3.63) is 28.2 Å². The minimum Gasteiger partial charge on any atom is -0.368 e. The van der Waals surface area contributed by atoms with Crippen molar-refractivity contribution < 1.29 is 4.79 Å². The largest absolute Gasteiger partial charge is 0.368 e. The summed E-state index contributed by atoms with van der Waals surface area (Å²) in [5.41, 5.74) is 2.50. The van der Waals surface area contributed by atoms with Crippen molar-refractivity contribution in [2.45, 2.75) is 27.2 Å². The number of benzene rings is 1. The molecule has 1 saturated heterocycles. The number of rotatable bonds is 3. The zero-order chi connectivity index (χ0) is 14.7. The SMILES string of the molecule is Cc1cc(N2CCN(C(=O)CC(C)C)CC2)ccc1Br. The lowest BCUT2D eigenvalue weighted by Crippen LogP contribution is -2.49. The van der Waals surface area contributed by atoms with Gasteiger partial charge in [-0.25, -0.2) is 0 Å². The van der Waals surface area contributed by atoms with Gasteiger partial charge >= 0.3 is 0 Å². The van der Waals surface area contributed by atoms with Crippen LogP contribution in [0.2, 0.25) is 0 Å². The molecule has 0 saturated carbocycles. The van der Waals surface area contributed by atoms with Gasteiger partial charge in [-0.05, 0) is 36.6 Å². The smallest absolute Gasteiger partial charge is 0.222 e. The summed E-state index contributed by atoms with van der Waals surface area (Å²) in [5.74, 6) is 0.737. The first-order valence-electron chi connectivity index (χ1n) is 7.26. The predicted molar refractivity (Wildman–Crippen MR) is 87.1 cm³/mol. The summed E-state index contributed by atoms with van der Waals surface area (Å²) in [5, 5.41) is 0. The Hall–Kier alpha value is -1.03. The van der Waals surface area contributed by atoms with Crippen molar-refractivity contribution in [1.82, 2.24) is 4.90 Å². The highest BCUT2D eigenvalue weighted by Crippen LogP contribution is 2.24. The number of carbonyl (C=O) groups is 1. The molecule has 2 rings (SSSR count). The van der Waals surface area contributed by atoms with Gasteiger partial charge in [0.05, 0.1) is 0 Å². The van der Waals surface area contributed by atoms with Crippen LogP contribution in [0.5, 0.6) is 0 Å². The fraction of sp³-hybridized carbons (Fsp3) is 0.562. The molecule has 0 atom stereocenters. The first kappa shape index (κ1) is 15.4. The number of anilines is 1. The van der Waals surface area contributed by atoms with E-state index in [1.54, 1.807) is 0 Å². The summed E-state index contributed by atoms with van der Waals surface area (Å²) in [6, 6.07) is 6.44. The van der Waals surface area contributed by atoms with Crippen LogP contribution < -0.4 is 4.90 Å². The Morgan fingerprint density at radius 2 is 1.90 bits per heavy atom. The van der Waals surface area contributed by atoms with Crippen LogP contribution in [0.4, 0.5) is 5.69 Å². The fourth-order valence-corrected chi connectivity index (χ4v) is 2.76. The lowest BCUT2D eigenvalue weighted by Gasteiger charge is -2.36. The second-order valence-corrected chi connectivity index (χ2v) is 6.75. The number of amides is 1. The van der Waals surface area contributed by atoms with E-state index in [1.807, 2.05) is 4.90 Å². The van der Waals surface area contributed by atoms with E-state index in [0.29, 0.717) is 18.2 Å². The molecule has 3 nitrogen and oxygen atoms in total. The standard InChI is InChI=1S/C16H23BrN2O/c1-12(2)10-16(20)19-8-6-18(7-9-19)14-4-5-15(17)13(3)11-14/h4-5,11-12H,6-10H2,1-3H3. The van der Waals surface area contributed by atoms with Crippen molar-refractivity contribution in [3.63, 3.8) is 0 Å². The minimum absolute atomic E-state index is 0.298. The van der Waals surface area contributed by atoms with Gasteiger partial charge in [0.2, 0.25) is 5.91 Å². The minimum atomic E-state index is 0.298. The zero-order valence-electron chi connectivity index (χ0n) is 12.5. The van der Waals surface area contributed by atoms with E-state index in [0.717, 1.165) is 30.7 Å². The van der Waals surface area contributed by atoms with Gasteiger partial charge in [0.25, 0.3) is 0 Å². The second-order valence-electron chi connectivity index (χ2n) is 5.90. The van der Waals surface area contributed by atoms with E-state index in [2.05, 4.69) is 59.8 Å². The van der Waals surface area contributed by atoms with Gasteiger partial charge in [0, 0.05) is 42.8 Å². The van der Waals surface area contributed by atoms with E-state index < -0.39 is 0 Å². The highest BCUT2D eigenvalue weighted by atomic mass is 79.9. The highest BCUT2D eigenvalue weighted by molar-refractivity contribution is 9.10. The Morgan fingerprint density at radius 3 is 2.45 bits per heavy atom. The van der Waals surface area contributed by atoms with Gasteiger partial charge in [-0.3, -0.25) is 4.79 Å². The molecule has 1 aromatic carbocycles. The van der Waals surface area contributed by atoms with Crippen molar-refractivity contribution in [1.29, 1.82) is 0 Å². The number of piperazine rings is 1. The molecular formula is C16H23BrN2O. The number of hydrogen-bond donors (Lipinski definition) is 0. The lowest BCUT2D eigenvalue weighted by atomic mass is 10.1. The molecule has 1 aliphatic heterocycles. The quantitative estimate of drug-likeness (QED) is 0.842. The monoisotopic (exact) mass is 338 g/mol. The third-order valence-electron chi connectivity index (χ3n) is 3.72. The normalized spacial score (nSPS) is 15.8. The third-order valence-corrected chi connectivity index (χ3v) is 4.61. The van der Waals surface area contributed by atoms with E-state index in [1.165, 1.54) is 11.3 Å². The molecule has 0 spiro atoms. The number of halogens is 1. The summed E-state index contributed by atoms with van der Waals surface area (Å²) in [4.78, 5) is 16.4. The number of nitrogens with zero attached hydrogens (tertiary/aromatic N) is 2. The van der Waals surface area contributed by atoms with E-state index in [4.69, 9.17) is 0 Å². The molecule has 0 unspecified atom stereocenters. The Labute approximate surface area is 130 Å². The highest BCUT2D eigenvalue weighted by Gasteiger charge is 2.21. The summed E-state index contributed by atoms with van der Waals surface area (Å²) in [7, 11) is 0. The molecule has 0 N–H and O–H groups in total. The van der Waals surface area contributed by atoms with E-state index >= 15 is 0 Å². The molecule has 1 amide bonds. The lowest BCUT2D eigenvalue weighted by molar-refractivity contribution is -0.132. The van der Waals surface area contributed by atoms with Crippen LogP contribution in [0.15, 0.2) is 22.7 Å². The van der Waals surface area contributed by atoms with E-state index in [-0.39, 0.29) is 0 Å². The number of aryl methyl sites for hydroxylation is 1. The van der Waals surface area contributed by atoms with Gasteiger partial charge < -0.3 is 9.80 Å². The van der Waals surface area contributed by atoms with Crippen LogP contribution in [0.3, 0.4) is 0 Å². The van der Waals surface area contributed by atoms with Crippen molar-refractivity contribution in [3.8, 4) is 0 Å². The van der Waals surface area contributed by atoms with Crippen LogP contribution in [0, 0.1) is 12.8 Å². The molecular weight excluding hydrogens is 316 g/mol. The molecule has 0 bridgehead atoms. The maximum atomic E-state index is 12.1. The van der Waals surface area contributed by atoms with Gasteiger partial charge in [0.15, 0.2) is 0 Å². The maximum absolute atomic E-state index is 12.1. The second kappa shape index (κ2) is 6.61. The van der Waals surface area contributed by atoms with Crippen LogP contribution in [0.1, 0.15) is 25.8 Å². The van der Waals surface area contributed by atoms with Crippen LogP contribution in [-0.4, -0.2) is 37.0 Å². The fourth-order valence-electron chi connectivity index (χ4n) is 2.52. The average molecular weight is 339 g/mol. The van der Waals surface area contributed by atoms with Crippen LogP contribution >= 0.6 is 15.9 Å². The summed E-state index contributed by atoms with van der Waals surface area (Å²) in [6.07, 6.45) is 0.664. The maximum Gasteiger partial charge on any atom is 0.222 e. The van der Waals surface area contributed by atoms with Gasteiger partial charge in [-0.1, -0.05) is 29.8 Å². The zero-order valence-corrected chi connectivity index (χ0v) is 14.1. The van der Waals surface area contributed by atoms with Crippen molar-refractivity contribution >= 4 is 27.5 Å². The van der Waals surface area contributed by atoms with Crippen LogP contribution in [-0.2, 0) is 4.79 Å². The Bertz CT molecular complexity index is 479. The topological polar surface area (TPSA) is 23.6 Å². The molecule has 0 radical (unpaired) electrons. The summed E-state index contributed by atoms with van der Waals surface area (Å²) < 4.78 is 1.15. The summed E-state index contributed by atoms with van der Waals surface area (Å²) >= 11 is 3.53. The Kier molecular flexibility index (Phi) is 5.08. The molecule has 4 heteroatoms. The molecule has 110 valence electrons. The van der Waals surface area contributed by atoms with Gasteiger partial charge in [-0.15, -0.1) is 0 Å². The summed E-state index contributed by atoms with van der Waals surface area (Å²) in [6.45, 7) is 9.81. The molecule has 1 aliphatic rings. The molecule has 0 aromatic heterocycles.